The molecule has 1 fully saturated rings. The summed E-state index contributed by atoms with van der Waals surface area (Å²) in [5.41, 5.74) is 0.512. The van der Waals surface area contributed by atoms with E-state index in [1.165, 1.54) is 40.6 Å². The molecule has 3 rings (SSSR count). The van der Waals surface area contributed by atoms with Crippen LogP contribution in [0.4, 0.5) is 4.79 Å². The van der Waals surface area contributed by atoms with Crippen LogP contribution in [0.15, 0.2) is 35.2 Å². The topological polar surface area (TPSA) is 112 Å². The van der Waals surface area contributed by atoms with Crippen molar-refractivity contribution in [2.45, 2.75) is 44.6 Å². The van der Waals surface area contributed by atoms with Crippen LogP contribution < -0.4 is 9.47 Å². The number of rotatable bonds is 11. The molecule has 0 bridgehead atoms. The van der Waals surface area contributed by atoms with Gasteiger partial charge in [-0.3, -0.25) is 9.69 Å². The zero-order valence-electron chi connectivity index (χ0n) is 22.1. The highest BCUT2D eigenvalue weighted by molar-refractivity contribution is 7.89. The molecule has 0 N–H and O–H groups in total. The van der Waals surface area contributed by atoms with Crippen LogP contribution in [0.1, 0.15) is 38.7 Å². The molecule has 2 aromatic rings. The van der Waals surface area contributed by atoms with Gasteiger partial charge in [-0.25, -0.2) is 13.2 Å². The summed E-state index contributed by atoms with van der Waals surface area (Å²) in [6.07, 6.45) is 1.88. The molecule has 1 heterocycles. The van der Waals surface area contributed by atoms with Gasteiger partial charge < -0.3 is 18.9 Å². The maximum Gasteiger partial charge on any atom is 0.410 e. The van der Waals surface area contributed by atoms with E-state index in [4.69, 9.17) is 42.1 Å². The largest absolute Gasteiger partial charge is 0.495 e. The number of benzene rings is 2. The van der Waals surface area contributed by atoms with E-state index < -0.39 is 22.1 Å². The van der Waals surface area contributed by atoms with Crippen molar-refractivity contribution in [1.82, 2.24) is 9.21 Å². The van der Waals surface area contributed by atoms with E-state index in [2.05, 4.69) is 0 Å². The van der Waals surface area contributed by atoms with E-state index >= 15 is 0 Å². The summed E-state index contributed by atoms with van der Waals surface area (Å²) in [5.74, 6) is -0.0984. The van der Waals surface area contributed by atoms with Crippen molar-refractivity contribution in [1.29, 1.82) is 0 Å². The van der Waals surface area contributed by atoms with Crippen LogP contribution in [0, 0.1) is 0 Å². The van der Waals surface area contributed by atoms with Crippen LogP contribution in [-0.4, -0.2) is 69.6 Å². The SMILES string of the molecule is CCOC(=O)CN(Cc1cc(Cl)c(Oc2ccc(OC)c(S(=O)(=O)N3CCCCC3)c2)c(Cl)c1)C(=O)OCC. The van der Waals surface area contributed by atoms with Gasteiger partial charge in [-0.15, -0.1) is 0 Å². The van der Waals surface area contributed by atoms with E-state index in [0.717, 1.165) is 19.3 Å². The normalized spacial score (nSPS) is 14.0. The maximum atomic E-state index is 13.3. The van der Waals surface area contributed by atoms with E-state index in [1.807, 2.05) is 0 Å². The van der Waals surface area contributed by atoms with Gasteiger partial charge in [0.1, 0.15) is 22.9 Å². The molecule has 0 spiro atoms. The van der Waals surface area contributed by atoms with Gasteiger partial charge in [0.2, 0.25) is 10.0 Å². The van der Waals surface area contributed by atoms with Crippen molar-refractivity contribution in [3.63, 3.8) is 0 Å². The Bertz CT molecular complexity index is 1260. The second-order valence-corrected chi connectivity index (χ2v) is 11.3. The first-order valence-corrected chi connectivity index (χ1v) is 14.7. The molecule has 214 valence electrons. The Morgan fingerprint density at radius 2 is 1.62 bits per heavy atom. The summed E-state index contributed by atoms with van der Waals surface area (Å²) in [7, 11) is -2.41. The number of carbonyl (C=O) groups excluding carboxylic acids is 2. The average Bonchev–Trinajstić information content (AvgIpc) is 2.91. The Labute approximate surface area is 238 Å². The molecule has 0 aliphatic carbocycles. The van der Waals surface area contributed by atoms with Gasteiger partial charge in [0.15, 0.2) is 5.75 Å². The highest BCUT2D eigenvalue weighted by Crippen LogP contribution is 2.40. The van der Waals surface area contributed by atoms with Crippen molar-refractivity contribution < 1.29 is 37.0 Å². The molecule has 1 aliphatic heterocycles. The summed E-state index contributed by atoms with van der Waals surface area (Å²) in [6, 6.07) is 7.51. The predicted octanol–water partition coefficient (Wildman–Crippen LogP) is 5.49. The minimum atomic E-state index is -3.81. The smallest absolute Gasteiger partial charge is 0.410 e. The van der Waals surface area contributed by atoms with Gasteiger partial charge >= 0.3 is 12.1 Å². The maximum absolute atomic E-state index is 13.3. The van der Waals surface area contributed by atoms with E-state index in [9.17, 15) is 18.0 Å². The molecule has 10 nitrogen and oxygen atoms in total. The van der Waals surface area contributed by atoms with Gasteiger partial charge in [-0.1, -0.05) is 29.6 Å². The number of hydrogen-bond acceptors (Lipinski definition) is 8. The number of sulfonamides is 1. The molecular formula is C26H32Cl2N2O8S. The second-order valence-electron chi connectivity index (χ2n) is 8.63. The Hall–Kier alpha value is -2.73. The quantitative estimate of drug-likeness (QED) is 0.310. The number of carbonyl (C=O) groups is 2. The Kier molecular flexibility index (Phi) is 11.1. The third kappa shape index (κ3) is 7.91. The molecule has 0 saturated carbocycles. The number of esters is 1. The lowest BCUT2D eigenvalue weighted by molar-refractivity contribution is -0.144. The van der Waals surface area contributed by atoms with Crippen molar-refractivity contribution >= 4 is 45.3 Å². The minimum Gasteiger partial charge on any atom is -0.495 e. The number of piperidine rings is 1. The first-order chi connectivity index (χ1) is 18.6. The summed E-state index contributed by atoms with van der Waals surface area (Å²) in [6.45, 7) is 4.15. The molecule has 13 heteroatoms. The van der Waals surface area contributed by atoms with Crippen LogP contribution in [0.25, 0.3) is 0 Å². The first kappa shape index (κ1) is 30.8. The second kappa shape index (κ2) is 14.1. The van der Waals surface area contributed by atoms with E-state index in [-0.39, 0.29) is 58.5 Å². The number of amides is 1. The molecule has 0 radical (unpaired) electrons. The highest BCUT2D eigenvalue weighted by Gasteiger charge is 2.30. The standard InChI is InChI=1S/C26H32Cl2N2O8S/c1-4-36-24(31)17-29(26(32)37-5-2)16-18-13-20(27)25(21(28)14-18)38-19-9-10-22(35-3)23(15-19)39(33,34)30-11-7-6-8-12-30/h9-10,13-15H,4-8,11-12,16-17H2,1-3H3. The van der Waals surface area contributed by atoms with Gasteiger partial charge in [0, 0.05) is 25.7 Å². The Morgan fingerprint density at radius 3 is 2.21 bits per heavy atom. The fourth-order valence-electron chi connectivity index (χ4n) is 4.07. The minimum absolute atomic E-state index is 0.0164. The third-order valence-electron chi connectivity index (χ3n) is 5.87. The Balaban J connectivity index is 1.86. The van der Waals surface area contributed by atoms with Gasteiger partial charge in [0.25, 0.3) is 0 Å². The molecule has 39 heavy (non-hydrogen) atoms. The number of halogens is 2. The lowest BCUT2D eigenvalue weighted by Gasteiger charge is -2.26. The molecule has 2 aromatic carbocycles. The lowest BCUT2D eigenvalue weighted by Crippen LogP contribution is -2.36. The fraction of sp³-hybridized carbons (Fsp3) is 0.462. The predicted molar refractivity (Wildman–Crippen MR) is 146 cm³/mol. The van der Waals surface area contributed by atoms with Crippen molar-refractivity contribution in [3.05, 3.63) is 45.9 Å². The zero-order chi connectivity index (χ0) is 28.6. The lowest BCUT2D eigenvalue weighted by atomic mass is 10.2. The van der Waals surface area contributed by atoms with Gasteiger partial charge in [-0.05, 0) is 56.5 Å². The summed E-state index contributed by atoms with van der Waals surface area (Å²) in [4.78, 5) is 25.5. The highest BCUT2D eigenvalue weighted by atomic mass is 35.5. The van der Waals surface area contributed by atoms with E-state index in [0.29, 0.717) is 18.7 Å². The van der Waals surface area contributed by atoms with Crippen LogP contribution in [0.5, 0.6) is 17.2 Å². The molecule has 1 amide bonds. The molecule has 0 atom stereocenters. The molecule has 0 aromatic heterocycles. The van der Waals surface area contributed by atoms with Crippen LogP contribution in [0.3, 0.4) is 0 Å². The van der Waals surface area contributed by atoms with Gasteiger partial charge in [0.05, 0.1) is 30.4 Å². The zero-order valence-corrected chi connectivity index (χ0v) is 24.4. The molecule has 1 aliphatic rings. The van der Waals surface area contributed by atoms with Crippen molar-refractivity contribution in [2.75, 3.05) is 40.0 Å². The average molecular weight is 604 g/mol. The monoisotopic (exact) mass is 602 g/mol. The van der Waals surface area contributed by atoms with Crippen LogP contribution >= 0.6 is 23.2 Å². The molecule has 1 saturated heterocycles. The molecular weight excluding hydrogens is 571 g/mol. The summed E-state index contributed by atoms with van der Waals surface area (Å²) >= 11 is 13.0. The molecule has 0 unspecified atom stereocenters. The number of hydrogen-bond donors (Lipinski definition) is 0. The number of ether oxygens (including phenoxy) is 4. The van der Waals surface area contributed by atoms with Crippen LogP contribution in [0.2, 0.25) is 10.0 Å². The first-order valence-electron chi connectivity index (χ1n) is 12.5. The third-order valence-corrected chi connectivity index (χ3v) is 8.35. The van der Waals surface area contributed by atoms with E-state index in [1.54, 1.807) is 19.9 Å². The fourth-order valence-corrected chi connectivity index (χ4v) is 6.37. The van der Waals surface area contributed by atoms with Crippen molar-refractivity contribution in [3.8, 4) is 17.2 Å². The van der Waals surface area contributed by atoms with Crippen molar-refractivity contribution in [2.24, 2.45) is 0 Å². The van der Waals surface area contributed by atoms with Gasteiger partial charge in [-0.2, -0.15) is 4.31 Å². The van der Waals surface area contributed by atoms with Crippen LogP contribution in [-0.2, 0) is 30.8 Å². The number of methoxy groups -OCH3 is 1. The number of nitrogens with zero attached hydrogens (tertiary/aromatic N) is 2. The summed E-state index contributed by atoms with van der Waals surface area (Å²) in [5, 5.41) is 0.238. The summed E-state index contributed by atoms with van der Waals surface area (Å²) < 4.78 is 49.3. The Morgan fingerprint density at radius 1 is 0.974 bits per heavy atom.